The first kappa shape index (κ1) is 17.2. The summed E-state index contributed by atoms with van der Waals surface area (Å²) in [6.45, 7) is 5.72. The van der Waals surface area contributed by atoms with E-state index in [1.165, 1.54) is 0 Å². The molecule has 6 nitrogen and oxygen atoms in total. The fourth-order valence-electron chi connectivity index (χ4n) is 3.16. The quantitative estimate of drug-likeness (QED) is 0.681. The Balaban J connectivity index is 1.86. The van der Waals surface area contributed by atoms with E-state index in [1.807, 2.05) is 44.2 Å². The molecular weight excluding hydrogens is 316 g/mol. The summed E-state index contributed by atoms with van der Waals surface area (Å²) < 4.78 is 5.18. The third kappa shape index (κ3) is 4.07. The molecule has 1 aromatic carbocycles. The highest BCUT2D eigenvalue weighted by molar-refractivity contribution is 5.73. The molecule has 25 heavy (non-hydrogen) atoms. The minimum atomic E-state index is -0.117. The number of hydrogen-bond acceptors (Lipinski definition) is 6. The fraction of sp³-hybridized carbons (Fsp3) is 0.421. The van der Waals surface area contributed by atoms with Gasteiger partial charge in [0.15, 0.2) is 5.82 Å². The smallest absolute Gasteiger partial charge is 0.310 e. The van der Waals surface area contributed by atoms with E-state index in [0.717, 1.165) is 36.5 Å². The number of esters is 1. The molecule has 2 N–H and O–H groups in total. The van der Waals surface area contributed by atoms with Crippen molar-refractivity contribution >= 4 is 17.5 Å². The van der Waals surface area contributed by atoms with E-state index in [-0.39, 0.29) is 11.9 Å². The van der Waals surface area contributed by atoms with Gasteiger partial charge >= 0.3 is 5.97 Å². The lowest BCUT2D eigenvalue weighted by Gasteiger charge is -2.32. The normalized spacial score (nSPS) is 17.4. The molecule has 2 aromatic rings. The van der Waals surface area contributed by atoms with Crippen molar-refractivity contribution in [2.45, 2.75) is 26.7 Å². The molecule has 1 aliphatic rings. The number of anilines is 2. The highest BCUT2D eigenvalue weighted by Gasteiger charge is 2.27. The van der Waals surface area contributed by atoms with Crippen molar-refractivity contribution < 1.29 is 9.53 Å². The molecule has 0 amide bonds. The highest BCUT2D eigenvalue weighted by atomic mass is 16.5. The molecule has 132 valence electrons. The highest BCUT2D eigenvalue weighted by Crippen LogP contribution is 2.26. The molecule has 1 aromatic heterocycles. The summed E-state index contributed by atoms with van der Waals surface area (Å²) in [5.41, 5.74) is 8.34. The Kier molecular flexibility index (Phi) is 5.16. The van der Waals surface area contributed by atoms with E-state index < -0.39 is 0 Å². The minimum Gasteiger partial charge on any atom is -0.466 e. The molecule has 1 aliphatic heterocycles. The number of ether oxygens (including phenoxy) is 1. The molecule has 1 saturated heterocycles. The van der Waals surface area contributed by atoms with Crippen LogP contribution in [-0.2, 0) is 9.53 Å². The monoisotopic (exact) mass is 340 g/mol. The first-order valence-electron chi connectivity index (χ1n) is 8.70. The molecule has 0 aliphatic carbocycles. The molecule has 0 radical (unpaired) electrons. The van der Waals surface area contributed by atoms with Crippen LogP contribution < -0.4 is 10.6 Å². The van der Waals surface area contributed by atoms with Gasteiger partial charge in [0.05, 0.1) is 12.5 Å². The van der Waals surface area contributed by atoms with Crippen LogP contribution in [-0.4, -0.2) is 35.6 Å². The molecule has 1 fully saturated rings. The molecule has 1 atom stereocenters. The first-order chi connectivity index (χ1) is 12.1. The van der Waals surface area contributed by atoms with Crippen LogP contribution in [0.15, 0.2) is 30.3 Å². The van der Waals surface area contributed by atoms with E-state index in [4.69, 9.17) is 15.5 Å². The van der Waals surface area contributed by atoms with Crippen LogP contribution in [0.3, 0.4) is 0 Å². The molecule has 0 spiro atoms. The Bertz CT molecular complexity index is 763. The van der Waals surface area contributed by atoms with Crippen LogP contribution >= 0.6 is 0 Å². The van der Waals surface area contributed by atoms with Gasteiger partial charge in [-0.05, 0) is 38.8 Å². The SMILES string of the molecule is CCOC(=O)C1CCCN(c2cc(C)nc(-c3cccc(N)c3)n2)C1. The van der Waals surface area contributed by atoms with Gasteiger partial charge in [0.2, 0.25) is 0 Å². The van der Waals surface area contributed by atoms with Gasteiger partial charge in [-0.25, -0.2) is 9.97 Å². The number of carbonyl (C=O) groups excluding carboxylic acids is 1. The summed E-state index contributed by atoms with van der Waals surface area (Å²) in [6.07, 6.45) is 1.81. The molecular formula is C19H24N4O2. The van der Waals surface area contributed by atoms with Crippen LogP contribution in [0.4, 0.5) is 11.5 Å². The van der Waals surface area contributed by atoms with Crippen molar-refractivity contribution in [1.29, 1.82) is 0 Å². The van der Waals surface area contributed by atoms with E-state index in [9.17, 15) is 4.79 Å². The van der Waals surface area contributed by atoms with Crippen LogP contribution in [0.2, 0.25) is 0 Å². The maximum absolute atomic E-state index is 12.1. The Labute approximate surface area is 148 Å². The zero-order chi connectivity index (χ0) is 17.8. The number of nitrogens with two attached hydrogens (primary N) is 1. The summed E-state index contributed by atoms with van der Waals surface area (Å²) in [7, 11) is 0. The fourth-order valence-corrected chi connectivity index (χ4v) is 3.16. The van der Waals surface area contributed by atoms with Crippen molar-refractivity contribution in [3.8, 4) is 11.4 Å². The molecule has 0 bridgehead atoms. The van der Waals surface area contributed by atoms with E-state index >= 15 is 0 Å². The number of rotatable bonds is 4. The first-order valence-corrected chi connectivity index (χ1v) is 8.70. The van der Waals surface area contributed by atoms with E-state index in [0.29, 0.717) is 24.7 Å². The Morgan fingerprint density at radius 3 is 2.96 bits per heavy atom. The standard InChI is InChI=1S/C19H24N4O2/c1-3-25-19(24)15-7-5-9-23(12-15)17-10-13(2)21-18(22-17)14-6-4-8-16(20)11-14/h4,6,8,10-11,15H,3,5,7,9,12,20H2,1-2H3. The predicted octanol–water partition coefficient (Wildman–Crippen LogP) is 2.81. The van der Waals surface area contributed by atoms with Crippen LogP contribution in [0.5, 0.6) is 0 Å². The van der Waals surface area contributed by atoms with Gasteiger partial charge in [-0.1, -0.05) is 12.1 Å². The summed E-state index contributed by atoms with van der Waals surface area (Å²) in [5.74, 6) is 1.29. The van der Waals surface area contributed by atoms with Gasteiger partial charge in [-0.3, -0.25) is 4.79 Å². The van der Waals surface area contributed by atoms with Gasteiger partial charge < -0.3 is 15.4 Å². The Morgan fingerprint density at radius 2 is 2.20 bits per heavy atom. The maximum atomic E-state index is 12.1. The molecule has 3 rings (SSSR count). The minimum absolute atomic E-state index is 0.0974. The second-order valence-corrected chi connectivity index (χ2v) is 6.35. The van der Waals surface area contributed by atoms with Gasteiger partial charge in [0.25, 0.3) is 0 Å². The summed E-state index contributed by atoms with van der Waals surface area (Å²) in [5, 5.41) is 0. The summed E-state index contributed by atoms with van der Waals surface area (Å²) in [6, 6.07) is 9.52. The van der Waals surface area contributed by atoms with Crippen LogP contribution in [0.1, 0.15) is 25.5 Å². The molecule has 2 heterocycles. The number of carbonyl (C=O) groups is 1. The molecule has 0 saturated carbocycles. The lowest BCUT2D eigenvalue weighted by Crippen LogP contribution is -2.40. The molecule has 6 heteroatoms. The average Bonchev–Trinajstić information content (AvgIpc) is 2.61. The zero-order valence-electron chi connectivity index (χ0n) is 14.7. The topological polar surface area (TPSA) is 81.3 Å². The predicted molar refractivity (Wildman–Crippen MR) is 98.2 cm³/mol. The number of nitrogens with zero attached hydrogens (tertiary/aromatic N) is 3. The maximum Gasteiger partial charge on any atom is 0.310 e. The number of aryl methyl sites for hydroxylation is 1. The third-order valence-corrected chi connectivity index (χ3v) is 4.35. The van der Waals surface area contributed by atoms with Crippen LogP contribution in [0, 0.1) is 12.8 Å². The lowest BCUT2D eigenvalue weighted by molar-refractivity contribution is -0.148. The van der Waals surface area contributed by atoms with Gasteiger partial charge in [-0.2, -0.15) is 0 Å². The van der Waals surface area contributed by atoms with Crippen molar-refractivity contribution in [3.05, 3.63) is 36.0 Å². The third-order valence-electron chi connectivity index (χ3n) is 4.35. The van der Waals surface area contributed by atoms with Gasteiger partial charge in [0.1, 0.15) is 5.82 Å². The number of benzene rings is 1. The van der Waals surface area contributed by atoms with Crippen molar-refractivity contribution in [2.75, 3.05) is 30.3 Å². The van der Waals surface area contributed by atoms with Crippen molar-refractivity contribution in [3.63, 3.8) is 0 Å². The zero-order valence-corrected chi connectivity index (χ0v) is 14.7. The summed E-state index contributed by atoms with van der Waals surface area (Å²) in [4.78, 5) is 23.5. The van der Waals surface area contributed by atoms with E-state index in [1.54, 1.807) is 0 Å². The average molecular weight is 340 g/mol. The lowest BCUT2D eigenvalue weighted by atomic mass is 9.98. The number of piperidine rings is 1. The van der Waals surface area contributed by atoms with Crippen LogP contribution in [0.25, 0.3) is 11.4 Å². The Morgan fingerprint density at radius 1 is 1.36 bits per heavy atom. The Hall–Kier alpha value is -2.63. The second-order valence-electron chi connectivity index (χ2n) is 6.35. The second kappa shape index (κ2) is 7.51. The van der Waals surface area contributed by atoms with Gasteiger partial charge in [-0.15, -0.1) is 0 Å². The van der Waals surface area contributed by atoms with Crippen molar-refractivity contribution in [1.82, 2.24) is 9.97 Å². The van der Waals surface area contributed by atoms with E-state index in [2.05, 4.69) is 9.88 Å². The summed E-state index contributed by atoms with van der Waals surface area (Å²) >= 11 is 0. The van der Waals surface area contributed by atoms with Gasteiger partial charge in [0, 0.05) is 36.1 Å². The number of hydrogen-bond donors (Lipinski definition) is 1. The molecule has 1 unspecified atom stereocenters. The largest absolute Gasteiger partial charge is 0.466 e. The number of aromatic nitrogens is 2. The van der Waals surface area contributed by atoms with Crippen molar-refractivity contribution in [2.24, 2.45) is 5.92 Å². The number of nitrogen functional groups attached to an aromatic ring is 1.